The molecule has 1 N–H and O–H groups in total. The third-order valence-electron chi connectivity index (χ3n) is 2.47. The summed E-state index contributed by atoms with van der Waals surface area (Å²) in [6, 6.07) is 9.35. The van der Waals surface area contributed by atoms with E-state index in [0.717, 1.165) is 5.69 Å². The van der Waals surface area contributed by atoms with Crippen molar-refractivity contribution in [2.45, 2.75) is 33.6 Å². The fraction of sp³-hybridized carbons (Fsp3) is 0.467. The second-order valence-corrected chi connectivity index (χ2v) is 5.34. The van der Waals surface area contributed by atoms with Gasteiger partial charge >= 0.3 is 0 Å². The molecule has 102 valence electrons. The third-order valence-corrected chi connectivity index (χ3v) is 2.47. The summed E-state index contributed by atoms with van der Waals surface area (Å²) in [5, 5.41) is 11.3. The van der Waals surface area contributed by atoms with E-state index in [-0.39, 0.29) is 5.91 Å². The molecule has 1 rings (SSSR count). The van der Waals surface area contributed by atoms with Crippen molar-refractivity contribution < 1.29 is 9.53 Å². The van der Waals surface area contributed by atoms with Crippen LogP contribution in [0.25, 0.3) is 0 Å². The fourth-order valence-electron chi connectivity index (χ4n) is 1.32. The molecule has 0 fully saturated rings. The van der Waals surface area contributed by atoms with Crippen LogP contribution in [-0.4, -0.2) is 12.5 Å². The average Bonchev–Trinajstić information content (AvgIpc) is 2.34. The van der Waals surface area contributed by atoms with Gasteiger partial charge in [-0.2, -0.15) is 5.26 Å². The highest BCUT2D eigenvalue weighted by atomic mass is 16.5. The highest BCUT2D eigenvalue weighted by molar-refractivity contribution is 5.94. The van der Waals surface area contributed by atoms with Crippen LogP contribution >= 0.6 is 0 Å². The van der Waals surface area contributed by atoms with Crippen LogP contribution in [0.4, 0.5) is 5.69 Å². The number of nitrogens with zero attached hydrogens (tertiary/aromatic N) is 1. The van der Waals surface area contributed by atoms with Gasteiger partial charge in [0, 0.05) is 23.6 Å². The highest BCUT2D eigenvalue weighted by Crippen LogP contribution is 2.21. The molecular formula is C15H20N2O2. The smallest absolute Gasteiger partial charge is 0.229 e. The predicted octanol–water partition coefficient (Wildman–Crippen LogP) is 3.35. The summed E-state index contributed by atoms with van der Waals surface area (Å²) in [6.07, 6.45) is 1.19. The Morgan fingerprint density at radius 1 is 1.42 bits per heavy atom. The number of carbonyl (C=O) groups is 1. The van der Waals surface area contributed by atoms with Gasteiger partial charge in [0.15, 0.2) is 0 Å². The summed E-state index contributed by atoms with van der Waals surface area (Å²) in [7, 11) is 0. The van der Waals surface area contributed by atoms with E-state index in [1.807, 2.05) is 39.0 Å². The van der Waals surface area contributed by atoms with E-state index in [0.29, 0.717) is 25.2 Å². The molecule has 0 aliphatic carbocycles. The van der Waals surface area contributed by atoms with Crippen molar-refractivity contribution in [3.8, 4) is 11.8 Å². The standard InChI is InChI=1S/C15H20N2O2/c1-15(2,3)14(18)17-12-7-6-8-13(11-12)19-10-5-4-9-16/h6-8,11H,4-5,10H2,1-3H3,(H,17,18). The second kappa shape index (κ2) is 6.79. The van der Waals surface area contributed by atoms with Gasteiger partial charge in [0.2, 0.25) is 5.91 Å². The van der Waals surface area contributed by atoms with Crippen molar-refractivity contribution >= 4 is 11.6 Å². The lowest BCUT2D eigenvalue weighted by Crippen LogP contribution is -2.27. The maximum Gasteiger partial charge on any atom is 0.229 e. The lowest BCUT2D eigenvalue weighted by atomic mass is 9.95. The first-order chi connectivity index (χ1) is 8.93. The number of benzene rings is 1. The number of ether oxygens (including phenoxy) is 1. The van der Waals surface area contributed by atoms with Gasteiger partial charge in [-0.05, 0) is 18.6 Å². The molecule has 0 radical (unpaired) electrons. The van der Waals surface area contributed by atoms with E-state index in [1.165, 1.54) is 0 Å². The summed E-state index contributed by atoms with van der Waals surface area (Å²) in [5.74, 6) is 0.666. The summed E-state index contributed by atoms with van der Waals surface area (Å²) in [6.45, 7) is 6.10. The van der Waals surface area contributed by atoms with Gasteiger partial charge in [0.1, 0.15) is 5.75 Å². The summed E-state index contributed by atoms with van der Waals surface area (Å²) >= 11 is 0. The Morgan fingerprint density at radius 3 is 2.79 bits per heavy atom. The molecule has 0 bridgehead atoms. The zero-order valence-corrected chi connectivity index (χ0v) is 11.7. The van der Waals surface area contributed by atoms with Crippen LogP contribution in [-0.2, 0) is 4.79 Å². The molecule has 19 heavy (non-hydrogen) atoms. The van der Waals surface area contributed by atoms with Gasteiger partial charge in [0.05, 0.1) is 12.7 Å². The number of hydrogen-bond donors (Lipinski definition) is 1. The van der Waals surface area contributed by atoms with Gasteiger partial charge in [-0.15, -0.1) is 0 Å². The van der Waals surface area contributed by atoms with Gasteiger partial charge in [-0.3, -0.25) is 4.79 Å². The zero-order valence-electron chi connectivity index (χ0n) is 11.7. The Bertz CT molecular complexity index is 470. The average molecular weight is 260 g/mol. The van der Waals surface area contributed by atoms with E-state index >= 15 is 0 Å². The van der Waals surface area contributed by atoms with Crippen LogP contribution in [0.5, 0.6) is 5.75 Å². The van der Waals surface area contributed by atoms with Crippen LogP contribution in [0.1, 0.15) is 33.6 Å². The molecule has 0 aromatic heterocycles. The SMILES string of the molecule is CC(C)(C)C(=O)Nc1cccc(OCCCC#N)c1. The number of carbonyl (C=O) groups excluding carboxylic acids is 1. The minimum Gasteiger partial charge on any atom is -0.493 e. The van der Waals surface area contributed by atoms with Gasteiger partial charge in [-0.25, -0.2) is 0 Å². The highest BCUT2D eigenvalue weighted by Gasteiger charge is 2.21. The minimum atomic E-state index is -0.427. The number of rotatable bonds is 5. The molecular weight excluding hydrogens is 240 g/mol. The Balaban J connectivity index is 2.57. The second-order valence-electron chi connectivity index (χ2n) is 5.34. The maximum absolute atomic E-state index is 11.9. The van der Waals surface area contributed by atoms with E-state index in [2.05, 4.69) is 11.4 Å². The topological polar surface area (TPSA) is 62.1 Å². The molecule has 4 nitrogen and oxygen atoms in total. The first-order valence-corrected chi connectivity index (χ1v) is 6.35. The molecule has 1 aromatic carbocycles. The monoisotopic (exact) mass is 260 g/mol. The van der Waals surface area contributed by atoms with Crippen LogP contribution < -0.4 is 10.1 Å². The minimum absolute atomic E-state index is 0.0332. The van der Waals surface area contributed by atoms with Gasteiger partial charge < -0.3 is 10.1 Å². The lowest BCUT2D eigenvalue weighted by molar-refractivity contribution is -0.123. The molecule has 0 aliphatic heterocycles. The molecule has 1 amide bonds. The van der Waals surface area contributed by atoms with E-state index in [9.17, 15) is 4.79 Å². The molecule has 0 atom stereocenters. The quantitative estimate of drug-likeness (QED) is 0.826. The van der Waals surface area contributed by atoms with Crippen LogP contribution in [0.15, 0.2) is 24.3 Å². The number of amides is 1. The van der Waals surface area contributed by atoms with Gasteiger partial charge in [0.25, 0.3) is 0 Å². The number of nitriles is 1. The van der Waals surface area contributed by atoms with Crippen molar-refractivity contribution in [2.24, 2.45) is 5.41 Å². The zero-order chi connectivity index (χ0) is 14.3. The molecule has 1 aromatic rings. The van der Waals surface area contributed by atoms with Crippen LogP contribution in [0, 0.1) is 16.7 Å². The summed E-state index contributed by atoms with van der Waals surface area (Å²) in [5.41, 5.74) is 0.293. The van der Waals surface area contributed by atoms with Crippen molar-refractivity contribution in [1.82, 2.24) is 0 Å². The first kappa shape index (κ1) is 15.0. The van der Waals surface area contributed by atoms with E-state index in [4.69, 9.17) is 10.00 Å². The Morgan fingerprint density at radius 2 is 2.16 bits per heavy atom. The van der Waals surface area contributed by atoms with Gasteiger partial charge in [-0.1, -0.05) is 26.8 Å². The number of hydrogen-bond acceptors (Lipinski definition) is 3. The Hall–Kier alpha value is -2.02. The van der Waals surface area contributed by atoms with Crippen molar-refractivity contribution in [3.05, 3.63) is 24.3 Å². The summed E-state index contributed by atoms with van der Waals surface area (Å²) < 4.78 is 5.51. The van der Waals surface area contributed by atoms with Crippen LogP contribution in [0.3, 0.4) is 0 Å². The Kier molecular flexibility index (Phi) is 5.37. The molecule has 0 spiro atoms. The fourth-order valence-corrected chi connectivity index (χ4v) is 1.32. The predicted molar refractivity (Wildman–Crippen MR) is 74.9 cm³/mol. The molecule has 0 saturated heterocycles. The molecule has 0 aliphatic rings. The van der Waals surface area contributed by atoms with E-state index < -0.39 is 5.41 Å². The molecule has 4 heteroatoms. The number of unbranched alkanes of at least 4 members (excludes halogenated alkanes) is 1. The first-order valence-electron chi connectivity index (χ1n) is 6.35. The normalized spacial score (nSPS) is 10.6. The maximum atomic E-state index is 11.9. The van der Waals surface area contributed by atoms with E-state index in [1.54, 1.807) is 6.07 Å². The van der Waals surface area contributed by atoms with Crippen molar-refractivity contribution in [3.63, 3.8) is 0 Å². The molecule has 0 saturated carbocycles. The lowest BCUT2D eigenvalue weighted by Gasteiger charge is -2.18. The summed E-state index contributed by atoms with van der Waals surface area (Å²) in [4.78, 5) is 11.9. The van der Waals surface area contributed by atoms with Crippen molar-refractivity contribution in [1.29, 1.82) is 5.26 Å². The largest absolute Gasteiger partial charge is 0.493 e. The van der Waals surface area contributed by atoms with Crippen molar-refractivity contribution in [2.75, 3.05) is 11.9 Å². The van der Waals surface area contributed by atoms with Crippen LogP contribution in [0.2, 0.25) is 0 Å². The number of nitrogens with one attached hydrogen (secondary N) is 1. The number of anilines is 1. The third kappa shape index (κ3) is 5.43. The molecule has 0 unspecified atom stereocenters. The molecule has 0 heterocycles. The Labute approximate surface area is 114 Å².